The van der Waals surface area contributed by atoms with Gasteiger partial charge < -0.3 is 16.2 Å². The van der Waals surface area contributed by atoms with Crippen molar-refractivity contribution in [3.05, 3.63) is 17.7 Å². The number of hydrogen-bond acceptors (Lipinski definition) is 3. The van der Waals surface area contributed by atoms with E-state index in [2.05, 4.69) is 5.32 Å². The van der Waals surface area contributed by atoms with E-state index in [1.807, 2.05) is 6.92 Å². The number of benzene rings is 1. The average molecular weight is 152 g/mol. The third-order valence-corrected chi connectivity index (χ3v) is 1.59. The highest BCUT2D eigenvalue weighted by molar-refractivity contribution is 5.65. The van der Waals surface area contributed by atoms with Gasteiger partial charge >= 0.3 is 0 Å². The predicted molar refractivity (Wildman–Crippen MR) is 46.8 cm³/mol. The summed E-state index contributed by atoms with van der Waals surface area (Å²) in [6.45, 7) is 1.81. The van der Waals surface area contributed by atoms with Crippen LogP contribution < -0.4 is 11.1 Å². The Labute approximate surface area is 65.8 Å². The minimum atomic E-state index is 0.265. The molecular weight excluding hydrogens is 140 g/mol. The summed E-state index contributed by atoms with van der Waals surface area (Å²) >= 11 is 0. The van der Waals surface area contributed by atoms with Crippen molar-refractivity contribution < 1.29 is 5.11 Å². The topological polar surface area (TPSA) is 58.3 Å². The van der Waals surface area contributed by atoms with Gasteiger partial charge in [-0.25, -0.2) is 0 Å². The second kappa shape index (κ2) is 2.70. The van der Waals surface area contributed by atoms with Gasteiger partial charge in [0.15, 0.2) is 0 Å². The van der Waals surface area contributed by atoms with Gasteiger partial charge in [-0.15, -0.1) is 0 Å². The minimum Gasteiger partial charge on any atom is -0.506 e. The van der Waals surface area contributed by atoms with Crippen LogP contribution in [0.25, 0.3) is 0 Å². The second-order valence-corrected chi connectivity index (χ2v) is 2.48. The van der Waals surface area contributed by atoms with Gasteiger partial charge in [0.05, 0.1) is 5.69 Å². The first-order chi connectivity index (χ1) is 5.15. The largest absolute Gasteiger partial charge is 0.506 e. The molecule has 0 amide bonds. The number of phenols is 1. The lowest BCUT2D eigenvalue weighted by Crippen LogP contribution is -1.93. The summed E-state index contributed by atoms with van der Waals surface area (Å²) in [5.41, 5.74) is 7.67. The van der Waals surface area contributed by atoms with E-state index in [9.17, 15) is 5.11 Å². The van der Waals surface area contributed by atoms with Crippen LogP contribution in [0, 0.1) is 6.92 Å². The Balaban J connectivity index is 3.24. The summed E-state index contributed by atoms with van der Waals surface area (Å²) < 4.78 is 0. The summed E-state index contributed by atoms with van der Waals surface area (Å²) in [4.78, 5) is 0. The first-order valence-electron chi connectivity index (χ1n) is 3.42. The molecule has 0 saturated heterocycles. The Morgan fingerprint density at radius 1 is 1.45 bits per heavy atom. The lowest BCUT2D eigenvalue weighted by Gasteiger charge is -2.07. The van der Waals surface area contributed by atoms with Crippen LogP contribution in [0.2, 0.25) is 0 Å². The van der Waals surface area contributed by atoms with Gasteiger partial charge in [-0.3, -0.25) is 0 Å². The van der Waals surface area contributed by atoms with Crippen LogP contribution in [0.4, 0.5) is 11.4 Å². The molecule has 0 aliphatic heterocycles. The Kier molecular flexibility index (Phi) is 1.89. The third kappa shape index (κ3) is 1.37. The van der Waals surface area contributed by atoms with Crippen molar-refractivity contribution in [2.24, 2.45) is 0 Å². The lowest BCUT2D eigenvalue weighted by atomic mass is 10.1. The number of anilines is 2. The van der Waals surface area contributed by atoms with Crippen molar-refractivity contribution in [3.63, 3.8) is 0 Å². The maximum absolute atomic E-state index is 9.40. The van der Waals surface area contributed by atoms with Crippen LogP contribution in [-0.2, 0) is 0 Å². The molecule has 11 heavy (non-hydrogen) atoms. The average Bonchev–Trinajstić information content (AvgIpc) is 1.96. The number of aromatic hydroxyl groups is 1. The van der Waals surface area contributed by atoms with Crippen molar-refractivity contribution in [3.8, 4) is 5.75 Å². The summed E-state index contributed by atoms with van der Waals surface area (Å²) in [6, 6.07) is 3.43. The number of rotatable bonds is 1. The maximum atomic E-state index is 9.40. The Morgan fingerprint density at radius 2 is 2.09 bits per heavy atom. The maximum Gasteiger partial charge on any atom is 0.141 e. The van der Waals surface area contributed by atoms with E-state index < -0.39 is 0 Å². The molecule has 1 aromatic carbocycles. The SMILES string of the molecule is CNc1cc(N)cc(C)c1O. The van der Waals surface area contributed by atoms with Crippen molar-refractivity contribution in [2.45, 2.75) is 6.92 Å². The third-order valence-electron chi connectivity index (χ3n) is 1.59. The standard InChI is InChI=1S/C8H12N2O/c1-5-3-6(9)4-7(10-2)8(5)11/h3-4,10-11H,9H2,1-2H3. The Morgan fingerprint density at radius 3 is 2.64 bits per heavy atom. The molecule has 4 N–H and O–H groups in total. The summed E-state index contributed by atoms with van der Waals surface area (Å²) in [6.07, 6.45) is 0. The molecule has 0 spiro atoms. The normalized spacial score (nSPS) is 9.64. The van der Waals surface area contributed by atoms with E-state index in [1.54, 1.807) is 19.2 Å². The quantitative estimate of drug-likeness (QED) is 0.323. The molecule has 0 aliphatic rings. The highest BCUT2D eigenvalue weighted by atomic mass is 16.3. The molecule has 1 rings (SSSR count). The second-order valence-electron chi connectivity index (χ2n) is 2.48. The van der Waals surface area contributed by atoms with Gasteiger partial charge in [0.1, 0.15) is 5.75 Å². The zero-order chi connectivity index (χ0) is 8.43. The Bertz CT molecular complexity index is 271. The van der Waals surface area contributed by atoms with Gasteiger partial charge in [-0.2, -0.15) is 0 Å². The van der Waals surface area contributed by atoms with Crippen LogP contribution in [0.5, 0.6) is 5.75 Å². The molecule has 0 heterocycles. The van der Waals surface area contributed by atoms with E-state index in [0.29, 0.717) is 11.4 Å². The number of nitrogen functional groups attached to an aromatic ring is 1. The molecule has 0 unspecified atom stereocenters. The molecular formula is C8H12N2O. The molecule has 0 aromatic heterocycles. The van der Waals surface area contributed by atoms with Crippen LogP contribution >= 0.6 is 0 Å². The van der Waals surface area contributed by atoms with Crippen molar-refractivity contribution >= 4 is 11.4 Å². The fourth-order valence-electron chi connectivity index (χ4n) is 0.998. The number of hydrogen-bond donors (Lipinski definition) is 3. The van der Waals surface area contributed by atoms with Crippen molar-refractivity contribution in [1.29, 1.82) is 0 Å². The molecule has 0 fully saturated rings. The number of nitrogens with two attached hydrogens (primary N) is 1. The number of nitrogens with one attached hydrogen (secondary N) is 1. The van der Waals surface area contributed by atoms with Crippen molar-refractivity contribution in [1.82, 2.24) is 0 Å². The first kappa shape index (κ1) is 7.72. The zero-order valence-corrected chi connectivity index (χ0v) is 6.68. The van der Waals surface area contributed by atoms with E-state index in [4.69, 9.17) is 5.73 Å². The predicted octanol–water partition coefficient (Wildman–Crippen LogP) is 1.32. The fourth-order valence-corrected chi connectivity index (χ4v) is 0.998. The minimum absolute atomic E-state index is 0.265. The van der Waals surface area contributed by atoms with E-state index >= 15 is 0 Å². The number of phenolic OH excluding ortho intramolecular Hbond substituents is 1. The molecule has 3 nitrogen and oxygen atoms in total. The first-order valence-corrected chi connectivity index (χ1v) is 3.42. The molecule has 0 radical (unpaired) electrons. The lowest BCUT2D eigenvalue weighted by molar-refractivity contribution is 0.473. The van der Waals surface area contributed by atoms with Gasteiger partial charge in [0, 0.05) is 12.7 Å². The molecule has 0 bridgehead atoms. The van der Waals surface area contributed by atoms with Crippen molar-refractivity contribution in [2.75, 3.05) is 18.1 Å². The Hall–Kier alpha value is -1.38. The zero-order valence-electron chi connectivity index (χ0n) is 6.68. The van der Waals surface area contributed by atoms with E-state index in [0.717, 1.165) is 5.56 Å². The molecule has 0 aliphatic carbocycles. The summed E-state index contributed by atoms with van der Waals surface area (Å²) in [5, 5.41) is 12.3. The van der Waals surface area contributed by atoms with Gasteiger partial charge in [0.2, 0.25) is 0 Å². The van der Waals surface area contributed by atoms with Gasteiger partial charge in [-0.05, 0) is 24.6 Å². The van der Waals surface area contributed by atoms with Crippen LogP contribution in [0.15, 0.2) is 12.1 Å². The van der Waals surface area contributed by atoms with E-state index in [1.165, 1.54) is 0 Å². The molecule has 1 aromatic rings. The molecule has 0 atom stereocenters. The summed E-state index contributed by atoms with van der Waals surface area (Å²) in [7, 11) is 1.74. The molecule has 0 saturated carbocycles. The fraction of sp³-hybridized carbons (Fsp3) is 0.250. The smallest absolute Gasteiger partial charge is 0.141 e. The highest BCUT2D eigenvalue weighted by Crippen LogP contribution is 2.28. The monoisotopic (exact) mass is 152 g/mol. The molecule has 60 valence electrons. The number of aryl methyl sites for hydroxylation is 1. The van der Waals surface area contributed by atoms with Gasteiger partial charge in [0.25, 0.3) is 0 Å². The highest BCUT2D eigenvalue weighted by Gasteiger charge is 2.02. The van der Waals surface area contributed by atoms with Crippen LogP contribution in [0.1, 0.15) is 5.56 Å². The molecule has 3 heteroatoms. The van der Waals surface area contributed by atoms with Gasteiger partial charge in [-0.1, -0.05) is 0 Å². The van der Waals surface area contributed by atoms with Crippen LogP contribution in [-0.4, -0.2) is 12.2 Å². The summed E-state index contributed by atoms with van der Waals surface area (Å²) in [5.74, 6) is 0.265. The van der Waals surface area contributed by atoms with Crippen LogP contribution in [0.3, 0.4) is 0 Å². The van der Waals surface area contributed by atoms with E-state index in [-0.39, 0.29) is 5.75 Å².